The maximum atomic E-state index is 6.46. The molecule has 0 N–H and O–H groups in total. The molecule has 8 aromatic carbocycles. The van der Waals surface area contributed by atoms with Gasteiger partial charge in [0.05, 0.1) is 5.56 Å². The summed E-state index contributed by atoms with van der Waals surface area (Å²) >= 11 is 0. The van der Waals surface area contributed by atoms with E-state index in [4.69, 9.17) is 19.4 Å². The van der Waals surface area contributed by atoms with Crippen LogP contribution in [0, 0.1) is 0 Å². The van der Waals surface area contributed by atoms with Gasteiger partial charge >= 0.3 is 0 Å². The van der Waals surface area contributed by atoms with Crippen LogP contribution in [-0.2, 0) is 0 Å². The molecule has 0 amide bonds. The summed E-state index contributed by atoms with van der Waals surface area (Å²) in [4.78, 5) is 15.5. The highest BCUT2D eigenvalue weighted by Crippen LogP contribution is 2.39. The maximum Gasteiger partial charge on any atom is 0.167 e. The summed E-state index contributed by atoms with van der Waals surface area (Å²) < 4.78 is 6.46. The molecule has 0 aliphatic heterocycles. The van der Waals surface area contributed by atoms with Crippen LogP contribution in [0.4, 0.5) is 0 Å². The lowest BCUT2D eigenvalue weighted by Gasteiger charge is -2.14. The average Bonchev–Trinajstić information content (AvgIpc) is 3.56. The fourth-order valence-corrected chi connectivity index (χ4v) is 7.19. The fraction of sp³-hybridized carbons (Fsp3) is 0. The Balaban J connectivity index is 1.26. The monoisotopic (exact) mass is 625 g/mol. The van der Waals surface area contributed by atoms with Crippen molar-refractivity contribution in [2.24, 2.45) is 0 Å². The normalized spacial score (nSPS) is 11.7. The number of para-hydroxylation sites is 2. The molecule has 0 radical (unpaired) electrons. The molecular weight excluding hydrogens is 599 g/mol. The quantitative estimate of drug-likeness (QED) is 0.183. The highest BCUT2D eigenvalue weighted by molar-refractivity contribution is 6.15. The predicted molar refractivity (Wildman–Crippen MR) is 201 cm³/mol. The lowest BCUT2D eigenvalue weighted by atomic mass is 9.92. The molecule has 0 aliphatic carbocycles. The van der Waals surface area contributed by atoms with Crippen molar-refractivity contribution in [3.8, 4) is 45.3 Å². The minimum absolute atomic E-state index is 0.569. The fourth-order valence-electron chi connectivity index (χ4n) is 7.19. The number of furan rings is 1. The Bertz CT molecular complexity index is 2890. The topological polar surface area (TPSA) is 51.8 Å². The molecular formula is C45H27N3O. The lowest BCUT2D eigenvalue weighted by molar-refractivity contribution is 0.669. The molecule has 0 saturated heterocycles. The number of aromatic nitrogens is 3. The number of fused-ring (bicyclic) bond motifs is 7. The van der Waals surface area contributed by atoms with Crippen LogP contribution in [0.2, 0.25) is 0 Å². The van der Waals surface area contributed by atoms with Gasteiger partial charge in [-0.1, -0.05) is 140 Å². The Morgan fingerprint density at radius 2 is 0.959 bits per heavy atom. The van der Waals surface area contributed by atoms with Crippen LogP contribution in [0.25, 0.3) is 99.5 Å². The van der Waals surface area contributed by atoms with Gasteiger partial charge in [0.25, 0.3) is 0 Å². The van der Waals surface area contributed by atoms with Crippen LogP contribution in [0.3, 0.4) is 0 Å². The van der Waals surface area contributed by atoms with Crippen LogP contribution in [0.1, 0.15) is 0 Å². The predicted octanol–water partition coefficient (Wildman–Crippen LogP) is 11.9. The smallest absolute Gasteiger partial charge is 0.167 e. The number of benzene rings is 8. The Morgan fingerprint density at radius 1 is 0.327 bits per heavy atom. The van der Waals surface area contributed by atoms with E-state index in [0.29, 0.717) is 17.5 Å². The zero-order chi connectivity index (χ0) is 32.3. The standard InChI is InChI=1S/C45H27N3O/c1-2-12-29(13-3-1)39-26-30-15-5-7-18-33(30)34-25-24-31(27-40(34)39)43-46-44(37-21-10-16-28-14-4-6-17-32(28)37)48-45(47-43)38-22-11-20-36-35-19-8-9-23-41(35)49-42(36)38/h1-27H. The van der Waals surface area contributed by atoms with Crippen molar-refractivity contribution < 1.29 is 4.42 Å². The van der Waals surface area contributed by atoms with Crippen molar-refractivity contribution in [3.05, 3.63) is 164 Å². The average molecular weight is 626 g/mol. The van der Waals surface area contributed by atoms with Gasteiger partial charge in [-0.3, -0.25) is 0 Å². The Labute approximate surface area is 282 Å². The van der Waals surface area contributed by atoms with Crippen molar-refractivity contribution in [2.45, 2.75) is 0 Å². The highest BCUT2D eigenvalue weighted by atomic mass is 16.3. The van der Waals surface area contributed by atoms with Gasteiger partial charge in [-0.2, -0.15) is 0 Å². The molecule has 2 aromatic heterocycles. The summed E-state index contributed by atoms with van der Waals surface area (Å²) in [6.07, 6.45) is 0. The third-order valence-electron chi connectivity index (χ3n) is 9.51. The Kier molecular flexibility index (Phi) is 6.15. The van der Waals surface area contributed by atoms with Crippen molar-refractivity contribution in [3.63, 3.8) is 0 Å². The van der Waals surface area contributed by atoms with Gasteiger partial charge in [0.1, 0.15) is 11.2 Å². The van der Waals surface area contributed by atoms with Crippen LogP contribution < -0.4 is 0 Å². The largest absolute Gasteiger partial charge is 0.455 e. The first-order valence-electron chi connectivity index (χ1n) is 16.4. The van der Waals surface area contributed by atoms with Crippen molar-refractivity contribution in [1.29, 1.82) is 0 Å². The zero-order valence-electron chi connectivity index (χ0n) is 26.3. The minimum Gasteiger partial charge on any atom is -0.455 e. The van der Waals surface area contributed by atoms with E-state index in [9.17, 15) is 0 Å². The van der Waals surface area contributed by atoms with Crippen LogP contribution >= 0.6 is 0 Å². The van der Waals surface area contributed by atoms with Gasteiger partial charge in [0, 0.05) is 21.9 Å². The molecule has 4 heteroatoms. The van der Waals surface area contributed by atoms with Crippen molar-refractivity contribution in [2.75, 3.05) is 0 Å². The van der Waals surface area contributed by atoms with E-state index in [1.807, 2.05) is 30.3 Å². The second-order valence-electron chi connectivity index (χ2n) is 12.4. The van der Waals surface area contributed by atoms with E-state index >= 15 is 0 Å². The van der Waals surface area contributed by atoms with E-state index < -0.39 is 0 Å². The van der Waals surface area contributed by atoms with Crippen molar-refractivity contribution in [1.82, 2.24) is 15.0 Å². The van der Waals surface area contributed by atoms with E-state index in [1.54, 1.807) is 0 Å². The summed E-state index contributed by atoms with van der Waals surface area (Å²) in [6.45, 7) is 0. The first kappa shape index (κ1) is 27.5. The summed E-state index contributed by atoms with van der Waals surface area (Å²) in [7, 11) is 0. The van der Waals surface area contributed by atoms with E-state index in [0.717, 1.165) is 54.8 Å². The molecule has 2 heterocycles. The molecule has 10 aromatic rings. The van der Waals surface area contributed by atoms with Crippen LogP contribution in [0.15, 0.2) is 168 Å². The summed E-state index contributed by atoms with van der Waals surface area (Å²) in [5, 5.41) is 9.09. The molecule has 0 saturated carbocycles. The molecule has 49 heavy (non-hydrogen) atoms. The van der Waals surface area contributed by atoms with Crippen LogP contribution in [0.5, 0.6) is 0 Å². The molecule has 0 atom stereocenters. The summed E-state index contributed by atoms with van der Waals surface area (Å²) in [5.74, 6) is 1.79. The SMILES string of the molecule is c1ccc(-c2cc3ccccc3c3ccc(-c4nc(-c5cccc6ccccc56)nc(-c5cccc6c5oc5ccccc56)n4)cc23)cc1. The van der Waals surface area contributed by atoms with E-state index in [1.165, 1.54) is 27.3 Å². The third kappa shape index (κ3) is 4.49. The third-order valence-corrected chi connectivity index (χ3v) is 9.51. The minimum atomic E-state index is 0.569. The first-order valence-corrected chi connectivity index (χ1v) is 16.4. The summed E-state index contributed by atoms with van der Waals surface area (Å²) in [5.41, 5.74) is 6.64. The maximum absolute atomic E-state index is 6.46. The second-order valence-corrected chi connectivity index (χ2v) is 12.4. The van der Waals surface area contributed by atoms with Crippen molar-refractivity contribution >= 4 is 54.3 Å². The molecule has 228 valence electrons. The molecule has 0 unspecified atom stereocenters. The first-order chi connectivity index (χ1) is 24.3. The molecule has 0 spiro atoms. The number of rotatable bonds is 4. The molecule has 0 fully saturated rings. The number of hydrogen-bond acceptors (Lipinski definition) is 4. The van der Waals surface area contributed by atoms with Gasteiger partial charge in [-0.25, -0.2) is 15.0 Å². The van der Waals surface area contributed by atoms with Gasteiger partial charge in [0.2, 0.25) is 0 Å². The second kappa shape index (κ2) is 11.0. The molecule has 0 bridgehead atoms. The highest BCUT2D eigenvalue weighted by Gasteiger charge is 2.19. The van der Waals surface area contributed by atoms with E-state index in [2.05, 4.69) is 133 Å². The number of hydrogen-bond donors (Lipinski definition) is 0. The molecule has 4 nitrogen and oxygen atoms in total. The van der Waals surface area contributed by atoms with Gasteiger partial charge in [-0.05, 0) is 67.7 Å². The summed E-state index contributed by atoms with van der Waals surface area (Å²) in [6, 6.07) is 57.0. The lowest BCUT2D eigenvalue weighted by Crippen LogP contribution is -2.01. The Hall–Kier alpha value is -6.65. The van der Waals surface area contributed by atoms with Gasteiger partial charge in [0.15, 0.2) is 17.5 Å². The van der Waals surface area contributed by atoms with Crippen LogP contribution in [-0.4, -0.2) is 15.0 Å². The molecule has 0 aliphatic rings. The molecule has 10 rings (SSSR count). The zero-order valence-corrected chi connectivity index (χ0v) is 26.3. The Morgan fingerprint density at radius 3 is 1.84 bits per heavy atom. The van der Waals surface area contributed by atoms with Gasteiger partial charge < -0.3 is 4.42 Å². The number of nitrogens with zero attached hydrogens (tertiary/aromatic N) is 3. The van der Waals surface area contributed by atoms with Gasteiger partial charge in [-0.15, -0.1) is 0 Å². The van der Waals surface area contributed by atoms with E-state index in [-0.39, 0.29) is 0 Å².